The summed E-state index contributed by atoms with van der Waals surface area (Å²) in [6, 6.07) is 12.6. The molecule has 1 heterocycles. The van der Waals surface area contributed by atoms with Gasteiger partial charge in [-0.1, -0.05) is 23.5 Å². The van der Waals surface area contributed by atoms with Crippen molar-refractivity contribution >= 4 is 44.3 Å². The first-order valence-electron chi connectivity index (χ1n) is 6.89. The molecule has 1 aromatic heterocycles. The van der Waals surface area contributed by atoms with Crippen LogP contribution in [0.3, 0.4) is 0 Å². The highest BCUT2D eigenvalue weighted by atomic mass is 32.1. The summed E-state index contributed by atoms with van der Waals surface area (Å²) in [5.41, 5.74) is 2.88. The maximum absolute atomic E-state index is 10.8. The van der Waals surface area contributed by atoms with Gasteiger partial charge in [-0.15, -0.1) is 0 Å². The second kappa shape index (κ2) is 6.13. The lowest BCUT2D eigenvalue weighted by Crippen LogP contribution is -2.08. The van der Waals surface area contributed by atoms with E-state index < -0.39 is 4.92 Å². The Morgan fingerprint density at radius 1 is 1.22 bits per heavy atom. The molecule has 3 aromatic rings. The Balaban J connectivity index is 1.84. The predicted octanol–water partition coefficient (Wildman–Crippen LogP) is 4.02. The Morgan fingerprint density at radius 2 is 1.96 bits per heavy atom. The van der Waals surface area contributed by atoms with Crippen LogP contribution in [-0.4, -0.2) is 30.2 Å². The lowest BCUT2D eigenvalue weighted by molar-refractivity contribution is -0.384. The molecule has 116 valence electrons. The molecule has 0 saturated carbocycles. The number of fused-ring (bicyclic) bond motifs is 1. The molecule has 0 aliphatic rings. The smallest absolute Gasteiger partial charge is 0.270 e. The molecule has 0 saturated heterocycles. The van der Waals surface area contributed by atoms with E-state index in [9.17, 15) is 10.1 Å². The zero-order valence-electron chi connectivity index (χ0n) is 12.6. The van der Waals surface area contributed by atoms with Crippen LogP contribution < -0.4 is 4.90 Å². The van der Waals surface area contributed by atoms with Crippen molar-refractivity contribution in [2.45, 2.75) is 0 Å². The minimum Gasteiger partial charge on any atom is -0.378 e. The van der Waals surface area contributed by atoms with E-state index >= 15 is 0 Å². The number of anilines is 1. The van der Waals surface area contributed by atoms with Crippen LogP contribution in [-0.2, 0) is 0 Å². The largest absolute Gasteiger partial charge is 0.378 e. The van der Waals surface area contributed by atoms with Crippen LogP contribution in [0.4, 0.5) is 16.5 Å². The van der Waals surface area contributed by atoms with E-state index in [2.05, 4.69) is 9.98 Å². The summed E-state index contributed by atoms with van der Waals surface area (Å²) >= 11 is 1.33. The van der Waals surface area contributed by atoms with Gasteiger partial charge in [0.25, 0.3) is 5.69 Å². The van der Waals surface area contributed by atoms with Gasteiger partial charge in [-0.05, 0) is 23.8 Å². The Kier molecular flexibility index (Phi) is 4.03. The van der Waals surface area contributed by atoms with Crippen molar-refractivity contribution in [3.05, 3.63) is 58.1 Å². The van der Waals surface area contributed by atoms with E-state index in [1.165, 1.54) is 23.5 Å². The highest BCUT2D eigenvalue weighted by molar-refractivity contribution is 7.22. The van der Waals surface area contributed by atoms with E-state index in [0.717, 1.165) is 21.5 Å². The van der Waals surface area contributed by atoms with Gasteiger partial charge in [-0.3, -0.25) is 10.1 Å². The minimum absolute atomic E-state index is 0.0657. The average Bonchev–Trinajstić information content (AvgIpc) is 2.95. The highest BCUT2D eigenvalue weighted by Crippen LogP contribution is 2.30. The third-order valence-electron chi connectivity index (χ3n) is 3.31. The van der Waals surface area contributed by atoms with Crippen molar-refractivity contribution in [2.75, 3.05) is 19.0 Å². The number of benzene rings is 2. The van der Waals surface area contributed by atoms with Crippen LogP contribution in [0.2, 0.25) is 0 Å². The molecule has 0 amide bonds. The van der Waals surface area contributed by atoms with E-state index in [1.54, 1.807) is 12.3 Å². The van der Waals surface area contributed by atoms with Gasteiger partial charge in [0.05, 0.1) is 15.1 Å². The summed E-state index contributed by atoms with van der Waals surface area (Å²) in [5, 5.41) is 11.4. The fourth-order valence-corrected chi connectivity index (χ4v) is 2.90. The van der Waals surface area contributed by atoms with E-state index in [4.69, 9.17) is 0 Å². The number of aromatic nitrogens is 1. The molecule has 0 unspecified atom stereocenters. The third kappa shape index (κ3) is 3.35. The zero-order chi connectivity index (χ0) is 16.4. The summed E-state index contributed by atoms with van der Waals surface area (Å²) in [6.07, 6.45) is 1.74. The molecule has 0 radical (unpaired) electrons. The number of nitro groups is 1. The first kappa shape index (κ1) is 15.1. The molecule has 2 aromatic carbocycles. The van der Waals surface area contributed by atoms with Gasteiger partial charge < -0.3 is 4.90 Å². The molecule has 0 fully saturated rings. The van der Waals surface area contributed by atoms with Crippen molar-refractivity contribution < 1.29 is 4.92 Å². The number of hydrogen-bond acceptors (Lipinski definition) is 6. The van der Waals surface area contributed by atoms with Gasteiger partial charge >= 0.3 is 0 Å². The highest BCUT2D eigenvalue weighted by Gasteiger charge is 2.09. The molecular weight excluding hydrogens is 312 g/mol. The van der Waals surface area contributed by atoms with Gasteiger partial charge in [-0.2, -0.15) is 0 Å². The Hall–Kier alpha value is -2.80. The molecular formula is C16H14N4O2S. The van der Waals surface area contributed by atoms with Gasteiger partial charge in [0.15, 0.2) is 0 Å². The topological polar surface area (TPSA) is 71.6 Å². The Bertz CT molecular complexity index is 885. The third-order valence-corrected chi connectivity index (χ3v) is 4.23. The Labute approximate surface area is 136 Å². The van der Waals surface area contributed by atoms with Crippen LogP contribution in [0.25, 0.3) is 10.2 Å². The maximum atomic E-state index is 10.8. The first-order chi connectivity index (χ1) is 11.0. The number of non-ortho nitro benzene ring substituents is 1. The van der Waals surface area contributed by atoms with Crippen LogP contribution in [0.15, 0.2) is 47.5 Å². The summed E-state index contributed by atoms with van der Waals surface area (Å²) in [4.78, 5) is 21.1. The SMILES string of the molecule is CN(C)c1ccc(/C=N/c2nc3ccc([N+](=O)[O-])cc3s2)cc1. The van der Waals surface area contributed by atoms with Crippen molar-refractivity contribution in [1.29, 1.82) is 0 Å². The summed E-state index contributed by atoms with van der Waals surface area (Å²) < 4.78 is 0.759. The van der Waals surface area contributed by atoms with E-state index in [1.807, 2.05) is 43.3 Å². The molecule has 23 heavy (non-hydrogen) atoms. The first-order valence-corrected chi connectivity index (χ1v) is 7.71. The van der Waals surface area contributed by atoms with Crippen LogP contribution >= 0.6 is 11.3 Å². The summed E-state index contributed by atoms with van der Waals surface area (Å²) in [6.45, 7) is 0. The zero-order valence-corrected chi connectivity index (χ0v) is 13.4. The van der Waals surface area contributed by atoms with Crippen LogP contribution in [0.5, 0.6) is 0 Å². The second-order valence-corrected chi connectivity index (χ2v) is 6.16. The lowest BCUT2D eigenvalue weighted by atomic mass is 10.2. The molecule has 0 atom stereocenters. The van der Waals surface area contributed by atoms with Crippen molar-refractivity contribution in [2.24, 2.45) is 4.99 Å². The summed E-state index contributed by atoms with van der Waals surface area (Å²) in [7, 11) is 3.98. The molecule has 3 rings (SSSR count). The van der Waals surface area contributed by atoms with E-state index in [0.29, 0.717) is 5.13 Å². The molecule has 7 heteroatoms. The Morgan fingerprint density at radius 3 is 2.61 bits per heavy atom. The molecule has 0 aliphatic carbocycles. The maximum Gasteiger partial charge on any atom is 0.270 e. The second-order valence-electron chi connectivity index (χ2n) is 5.15. The van der Waals surface area contributed by atoms with Crippen molar-refractivity contribution in [3.63, 3.8) is 0 Å². The van der Waals surface area contributed by atoms with Crippen molar-refractivity contribution in [3.8, 4) is 0 Å². The fourth-order valence-electron chi connectivity index (χ4n) is 2.06. The number of hydrogen-bond donors (Lipinski definition) is 0. The van der Waals surface area contributed by atoms with Gasteiger partial charge in [-0.25, -0.2) is 9.98 Å². The molecule has 6 nitrogen and oxygen atoms in total. The number of aliphatic imine (C=N–C) groups is 1. The molecule has 0 bridgehead atoms. The minimum atomic E-state index is -0.408. The normalized spacial score (nSPS) is 11.2. The van der Waals surface area contributed by atoms with Crippen LogP contribution in [0, 0.1) is 10.1 Å². The number of nitrogens with zero attached hydrogens (tertiary/aromatic N) is 4. The molecule has 0 spiro atoms. The van der Waals surface area contributed by atoms with Crippen LogP contribution in [0.1, 0.15) is 5.56 Å². The number of rotatable bonds is 4. The summed E-state index contributed by atoms with van der Waals surface area (Å²) in [5.74, 6) is 0. The fraction of sp³-hybridized carbons (Fsp3) is 0.125. The number of thiazole rings is 1. The quantitative estimate of drug-likeness (QED) is 0.412. The van der Waals surface area contributed by atoms with Gasteiger partial charge in [0, 0.05) is 38.1 Å². The molecule has 0 N–H and O–H groups in total. The molecule has 0 aliphatic heterocycles. The van der Waals surface area contributed by atoms with Gasteiger partial charge in [0.2, 0.25) is 5.13 Å². The lowest BCUT2D eigenvalue weighted by Gasteiger charge is -2.11. The van der Waals surface area contributed by atoms with Gasteiger partial charge in [0.1, 0.15) is 0 Å². The average molecular weight is 326 g/mol. The number of nitro benzene ring substituents is 1. The standard InChI is InChI=1S/C16H14N4O2S/c1-19(2)12-5-3-11(4-6-12)10-17-16-18-14-8-7-13(20(21)22)9-15(14)23-16/h3-10H,1-2H3/b17-10+. The van der Waals surface area contributed by atoms with Crippen molar-refractivity contribution in [1.82, 2.24) is 4.98 Å². The predicted molar refractivity (Wildman–Crippen MR) is 94.3 cm³/mol. The van der Waals surface area contributed by atoms with E-state index in [-0.39, 0.29) is 5.69 Å². The monoisotopic (exact) mass is 326 g/mol.